The molecule has 2 N–H and O–H groups in total. The molecule has 2 aromatic carbocycles. The van der Waals surface area contributed by atoms with Gasteiger partial charge in [-0.2, -0.15) is 0 Å². The molecule has 1 heterocycles. The van der Waals surface area contributed by atoms with Crippen LogP contribution < -0.4 is 15.4 Å². The van der Waals surface area contributed by atoms with Crippen molar-refractivity contribution in [2.75, 3.05) is 23.0 Å². The molecule has 0 aliphatic rings. The van der Waals surface area contributed by atoms with Gasteiger partial charge < -0.3 is 19.9 Å². The number of carbonyl (C=O) groups is 2. The Balaban J connectivity index is 1.55. The number of benzene rings is 2. The van der Waals surface area contributed by atoms with Crippen molar-refractivity contribution in [3.8, 4) is 5.75 Å². The molecule has 0 aliphatic carbocycles. The first-order valence-electron chi connectivity index (χ1n) is 10.2. The first-order chi connectivity index (χ1) is 15.9. The van der Waals surface area contributed by atoms with Crippen LogP contribution in [0.2, 0.25) is 5.02 Å². The lowest BCUT2D eigenvalue weighted by Gasteiger charge is -2.09. The minimum atomic E-state index is -0.206. The summed E-state index contributed by atoms with van der Waals surface area (Å²) in [6, 6.07) is 12.4. The number of nitrogens with one attached hydrogen (secondary N) is 2. The molecule has 3 rings (SSSR count). The third-order valence-corrected chi connectivity index (χ3v) is 6.61. The van der Waals surface area contributed by atoms with E-state index in [2.05, 4.69) is 36.8 Å². The van der Waals surface area contributed by atoms with E-state index in [1.807, 2.05) is 18.4 Å². The Morgan fingerprint density at radius 1 is 1.06 bits per heavy atom. The highest BCUT2D eigenvalue weighted by Crippen LogP contribution is 2.26. The highest BCUT2D eigenvalue weighted by Gasteiger charge is 2.16. The number of thioether (sulfide) groups is 1. The maximum Gasteiger partial charge on any atom is 0.234 e. The number of amides is 2. The van der Waals surface area contributed by atoms with Crippen molar-refractivity contribution in [3.05, 3.63) is 57.8 Å². The largest absolute Gasteiger partial charge is 0.494 e. The molecule has 0 spiro atoms. The van der Waals surface area contributed by atoms with Crippen molar-refractivity contribution in [1.29, 1.82) is 0 Å². The Labute approximate surface area is 209 Å². The topological polar surface area (TPSA) is 98.1 Å². The number of halogens is 2. The van der Waals surface area contributed by atoms with Gasteiger partial charge in [0.2, 0.25) is 11.8 Å². The minimum absolute atomic E-state index is 0.0677. The molecule has 0 saturated carbocycles. The summed E-state index contributed by atoms with van der Waals surface area (Å²) >= 11 is 10.6. The monoisotopic (exact) mass is 551 g/mol. The van der Waals surface area contributed by atoms with Gasteiger partial charge in [0.15, 0.2) is 5.16 Å². The van der Waals surface area contributed by atoms with Crippen LogP contribution in [-0.4, -0.2) is 38.9 Å². The van der Waals surface area contributed by atoms with Crippen molar-refractivity contribution in [1.82, 2.24) is 14.8 Å². The van der Waals surface area contributed by atoms with Crippen LogP contribution in [0.4, 0.5) is 11.4 Å². The highest BCUT2D eigenvalue weighted by molar-refractivity contribution is 9.10. The number of nitrogens with zero attached hydrogens (tertiary/aromatic N) is 3. The zero-order chi connectivity index (χ0) is 23.8. The molecular weight excluding hydrogens is 530 g/mol. The molecule has 3 aromatic rings. The van der Waals surface area contributed by atoms with Crippen LogP contribution in [-0.2, 0) is 22.6 Å². The quantitative estimate of drug-likeness (QED) is 0.343. The zero-order valence-corrected chi connectivity index (χ0v) is 21.3. The number of rotatable bonds is 10. The Morgan fingerprint density at radius 3 is 2.42 bits per heavy atom. The zero-order valence-electron chi connectivity index (χ0n) is 18.1. The van der Waals surface area contributed by atoms with Gasteiger partial charge in [0, 0.05) is 22.4 Å². The van der Waals surface area contributed by atoms with Crippen LogP contribution in [0.5, 0.6) is 5.75 Å². The number of hydrogen-bond acceptors (Lipinski definition) is 6. The fourth-order valence-electron chi connectivity index (χ4n) is 2.93. The molecule has 0 radical (unpaired) electrons. The van der Waals surface area contributed by atoms with E-state index in [4.69, 9.17) is 16.3 Å². The summed E-state index contributed by atoms with van der Waals surface area (Å²) in [6.07, 6.45) is 0.0677. The van der Waals surface area contributed by atoms with Crippen LogP contribution in [0.1, 0.15) is 19.7 Å². The maximum atomic E-state index is 12.5. The van der Waals surface area contributed by atoms with Crippen molar-refractivity contribution >= 4 is 62.5 Å². The molecule has 0 bridgehead atoms. The lowest BCUT2D eigenvalue weighted by molar-refractivity contribution is -0.116. The lowest BCUT2D eigenvalue weighted by atomic mass is 10.3. The molecule has 0 aliphatic heterocycles. The summed E-state index contributed by atoms with van der Waals surface area (Å²) in [7, 11) is 0. The second-order valence-corrected chi connectivity index (χ2v) is 9.00. The molecule has 174 valence electrons. The molecule has 1 aromatic heterocycles. The van der Waals surface area contributed by atoms with Crippen LogP contribution in [0.25, 0.3) is 0 Å². The van der Waals surface area contributed by atoms with E-state index in [1.165, 1.54) is 11.8 Å². The van der Waals surface area contributed by atoms with Gasteiger partial charge in [0.1, 0.15) is 11.6 Å². The number of anilines is 2. The number of ether oxygens (including phenoxy) is 1. The predicted molar refractivity (Wildman–Crippen MR) is 134 cm³/mol. The minimum Gasteiger partial charge on any atom is -0.494 e. The first-order valence-corrected chi connectivity index (χ1v) is 12.4. The van der Waals surface area contributed by atoms with Crippen LogP contribution in [0.3, 0.4) is 0 Å². The Kier molecular flexibility index (Phi) is 9.16. The summed E-state index contributed by atoms with van der Waals surface area (Å²) in [5, 5.41) is 15.0. The van der Waals surface area contributed by atoms with E-state index >= 15 is 0 Å². The average molecular weight is 553 g/mol. The summed E-state index contributed by atoms with van der Waals surface area (Å²) < 4.78 is 7.99. The SMILES string of the molecule is CCOc1ccc(NC(=O)Cc2nnc(SCC(=O)Nc3ccc(Br)c(Cl)c3)n2CC)cc1. The summed E-state index contributed by atoms with van der Waals surface area (Å²) in [5.74, 6) is 1.02. The van der Waals surface area contributed by atoms with Crippen LogP contribution in [0, 0.1) is 0 Å². The second kappa shape index (κ2) is 12.1. The van der Waals surface area contributed by atoms with E-state index in [-0.39, 0.29) is 24.0 Å². The molecule has 0 unspecified atom stereocenters. The Bertz CT molecular complexity index is 1120. The second-order valence-electron chi connectivity index (χ2n) is 6.79. The van der Waals surface area contributed by atoms with E-state index in [0.29, 0.717) is 40.5 Å². The van der Waals surface area contributed by atoms with Gasteiger partial charge in [0.05, 0.1) is 23.8 Å². The van der Waals surface area contributed by atoms with Gasteiger partial charge in [0.25, 0.3) is 0 Å². The van der Waals surface area contributed by atoms with Gasteiger partial charge in [-0.1, -0.05) is 23.4 Å². The molecular formula is C22H23BrClN5O3S. The summed E-state index contributed by atoms with van der Waals surface area (Å²) in [6.45, 7) is 5.01. The average Bonchev–Trinajstić information content (AvgIpc) is 3.17. The normalized spacial score (nSPS) is 10.7. The van der Waals surface area contributed by atoms with Crippen LogP contribution >= 0.6 is 39.3 Å². The molecule has 0 fully saturated rings. The molecule has 2 amide bonds. The fraction of sp³-hybridized carbons (Fsp3) is 0.273. The Morgan fingerprint density at radius 2 is 1.76 bits per heavy atom. The van der Waals surface area contributed by atoms with E-state index in [9.17, 15) is 9.59 Å². The van der Waals surface area contributed by atoms with Gasteiger partial charge in [-0.3, -0.25) is 9.59 Å². The van der Waals surface area contributed by atoms with E-state index < -0.39 is 0 Å². The predicted octanol–water partition coefficient (Wildman–Crippen LogP) is 5.02. The fourth-order valence-corrected chi connectivity index (χ4v) is 4.17. The molecule has 33 heavy (non-hydrogen) atoms. The third kappa shape index (κ3) is 7.21. The number of aromatic nitrogens is 3. The van der Waals surface area contributed by atoms with E-state index in [0.717, 1.165) is 10.2 Å². The molecule has 8 nitrogen and oxygen atoms in total. The van der Waals surface area contributed by atoms with Crippen molar-refractivity contribution in [2.24, 2.45) is 0 Å². The summed E-state index contributed by atoms with van der Waals surface area (Å²) in [4.78, 5) is 24.8. The van der Waals surface area contributed by atoms with Gasteiger partial charge >= 0.3 is 0 Å². The smallest absolute Gasteiger partial charge is 0.234 e. The van der Waals surface area contributed by atoms with Crippen molar-refractivity contribution in [3.63, 3.8) is 0 Å². The number of carbonyl (C=O) groups excluding carboxylic acids is 2. The Hall–Kier alpha value is -2.56. The van der Waals surface area contributed by atoms with E-state index in [1.54, 1.807) is 42.5 Å². The van der Waals surface area contributed by atoms with Gasteiger partial charge in [-0.25, -0.2) is 0 Å². The lowest BCUT2D eigenvalue weighted by Crippen LogP contribution is -2.18. The number of hydrogen-bond donors (Lipinski definition) is 2. The summed E-state index contributed by atoms with van der Waals surface area (Å²) in [5.41, 5.74) is 1.28. The molecule has 0 atom stereocenters. The standard InChI is InChI=1S/C22H23BrClN5O3S/c1-3-29-19(12-20(30)25-14-5-8-16(9-6-14)32-4-2)27-28-22(29)33-13-21(31)26-15-7-10-17(23)18(24)11-15/h5-11H,3-4,12-13H2,1-2H3,(H,25,30)(H,26,31). The van der Waals surface area contributed by atoms with Crippen molar-refractivity contribution in [2.45, 2.75) is 32.0 Å². The highest BCUT2D eigenvalue weighted by atomic mass is 79.9. The molecule has 11 heteroatoms. The first kappa shape index (κ1) is 25.1. The maximum absolute atomic E-state index is 12.5. The third-order valence-electron chi connectivity index (χ3n) is 4.41. The van der Waals surface area contributed by atoms with Crippen LogP contribution in [0.15, 0.2) is 52.1 Å². The van der Waals surface area contributed by atoms with Crippen molar-refractivity contribution < 1.29 is 14.3 Å². The van der Waals surface area contributed by atoms with Gasteiger partial charge in [-0.15, -0.1) is 10.2 Å². The van der Waals surface area contributed by atoms with Gasteiger partial charge in [-0.05, 0) is 72.2 Å². The molecule has 0 saturated heterocycles.